The Morgan fingerprint density at radius 2 is 2.00 bits per heavy atom. The van der Waals surface area contributed by atoms with Crippen LogP contribution in [-0.4, -0.2) is 12.8 Å². The Labute approximate surface area is 72.7 Å². The molecule has 1 radical (unpaired) electrons. The quantitative estimate of drug-likeness (QED) is 0.615. The molecule has 0 aromatic rings. The summed E-state index contributed by atoms with van der Waals surface area (Å²) in [4.78, 5) is 0. The molecule has 0 aromatic carbocycles. The van der Waals surface area contributed by atoms with Crippen LogP contribution < -0.4 is 0 Å². The highest BCUT2D eigenvalue weighted by molar-refractivity contribution is 5.24. The Hall–Kier alpha value is -1.00. The lowest BCUT2D eigenvalue weighted by Gasteiger charge is -2.13. The molecule has 0 aliphatic heterocycles. The molecule has 0 saturated heterocycles. The molecule has 0 N–H and O–H groups in total. The normalized spacial score (nSPS) is 17.8. The molecule has 0 spiro atoms. The maximum atomic E-state index is 12.3. The van der Waals surface area contributed by atoms with Gasteiger partial charge in [-0.25, -0.2) is 4.39 Å². The molecular weight excluding hydrogens is 188 g/mol. The Balaban J connectivity index is 2.39. The molecule has 0 atom stereocenters. The minimum absolute atomic E-state index is 0.0102. The second-order valence-corrected chi connectivity index (χ2v) is 2.49. The van der Waals surface area contributed by atoms with E-state index in [1.807, 2.05) is 0 Å². The SMILES string of the molecule is FC1=CC=C(OCC(F)(F)F)[CH]C1. The van der Waals surface area contributed by atoms with E-state index < -0.39 is 12.8 Å². The van der Waals surface area contributed by atoms with Crippen molar-refractivity contribution in [2.75, 3.05) is 6.61 Å². The first-order valence-electron chi connectivity index (χ1n) is 3.56. The summed E-state index contributed by atoms with van der Waals surface area (Å²) in [5, 5.41) is 0. The smallest absolute Gasteiger partial charge is 0.422 e. The van der Waals surface area contributed by atoms with Crippen molar-refractivity contribution in [2.24, 2.45) is 0 Å². The van der Waals surface area contributed by atoms with E-state index in [1.165, 1.54) is 12.5 Å². The van der Waals surface area contributed by atoms with Gasteiger partial charge in [-0.15, -0.1) is 0 Å². The van der Waals surface area contributed by atoms with Crippen LogP contribution in [0.2, 0.25) is 0 Å². The lowest BCUT2D eigenvalue weighted by molar-refractivity contribution is -0.164. The van der Waals surface area contributed by atoms with Crippen LogP contribution in [0.1, 0.15) is 6.42 Å². The molecule has 0 unspecified atom stereocenters. The van der Waals surface area contributed by atoms with Gasteiger partial charge in [0.15, 0.2) is 6.61 Å². The largest absolute Gasteiger partial charge is 0.488 e. The van der Waals surface area contributed by atoms with Crippen molar-refractivity contribution in [2.45, 2.75) is 12.6 Å². The molecule has 0 fully saturated rings. The molecule has 0 aromatic heterocycles. The van der Waals surface area contributed by atoms with Crippen LogP contribution in [0, 0.1) is 6.42 Å². The fraction of sp³-hybridized carbons (Fsp3) is 0.375. The predicted molar refractivity (Wildman–Crippen MR) is 38.2 cm³/mol. The van der Waals surface area contributed by atoms with Crippen LogP contribution in [-0.2, 0) is 4.74 Å². The zero-order valence-corrected chi connectivity index (χ0v) is 6.57. The van der Waals surface area contributed by atoms with Gasteiger partial charge in [-0.05, 0) is 12.2 Å². The van der Waals surface area contributed by atoms with E-state index in [9.17, 15) is 17.6 Å². The van der Waals surface area contributed by atoms with E-state index in [-0.39, 0.29) is 18.0 Å². The number of hydrogen-bond donors (Lipinski definition) is 0. The summed E-state index contributed by atoms with van der Waals surface area (Å²) < 4.78 is 51.6. The number of hydrogen-bond acceptors (Lipinski definition) is 1. The second-order valence-electron chi connectivity index (χ2n) is 2.49. The molecule has 13 heavy (non-hydrogen) atoms. The topological polar surface area (TPSA) is 9.23 Å². The summed E-state index contributed by atoms with van der Waals surface area (Å²) >= 11 is 0. The average molecular weight is 195 g/mol. The van der Waals surface area contributed by atoms with Crippen LogP contribution >= 0.6 is 0 Å². The Kier molecular flexibility index (Phi) is 2.95. The van der Waals surface area contributed by atoms with Crippen LogP contribution in [0.4, 0.5) is 17.6 Å². The maximum absolute atomic E-state index is 12.3. The van der Waals surface area contributed by atoms with Gasteiger partial charge < -0.3 is 4.74 Å². The fourth-order valence-corrected chi connectivity index (χ4v) is 0.779. The summed E-state index contributed by atoms with van der Waals surface area (Å²) in [6.07, 6.45) is -0.838. The molecule has 1 rings (SSSR count). The minimum atomic E-state index is -4.35. The third kappa shape index (κ3) is 3.96. The highest BCUT2D eigenvalue weighted by atomic mass is 19.4. The van der Waals surface area contributed by atoms with Crippen molar-refractivity contribution in [3.05, 3.63) is 30.2 Å². The van der Waals surface area contributed by atoms with Gasteiger partial charge in [0.2, 0.25) is 0 Å². The molecule has 0 saturated carbocycles. The molecule has 0 amide bonds. The molecule has 0 heterocycles. The summed E-state index contributed by atoms with van der Waals surface area (Å²) in [5.41, 5.74) is 0. The van der Waals surface area contributed by atoms with Crippen molar-refractivity contribution < 1.29 is 22.3 Å². The Morgan fingerprint density at radius 1 is 1.31 bits per heavy atom. The minimum Gasteiger partial charge on any atom is -0.488 e. The van der Waals surface area contributed by atoms with Gasteiger partial charge in [0.25, 0.3) is 0 Å². The van der Waals surface area contributed by atoms with Crippen molar-refractivity contribution in [1.82, 2.24) is 0 Å². The second kappa shape index (κ2) is 3.81. The zero-order chi connectivity index (χ0) is 9.90. The first-order chi connectivity index (χ1) is 5.97. The van der Waals surface area contributed by atoms with Gasteiger partial charge in [-0.2, -0.15) is 13.2 Å². The highest BCUT2D eigenvalue weighted by Gasteiger charge is 2.28. The van der Waals surface area contributed by atoms with Crippen LogP contribution in [0.3, 0.4) is 0 Å². The van der Waals surface area contributed by atoms with E-state index in [1.54, 1.807) is 0 Å². The summed E-state index contributed by atoms with van der Waals surface area (Å²) in [7, 11) is 0. The molecule has 5 heteroatoms. The number of allylic oxidation sites excluding steroid dienone is 4. The van der Waals surface area contributed by atoms with Gasteiger partial charge in [0.05, 0.1) is 0 Å². The number of halogens is 4. The summed E-state index contributed by atoms with van der Waals surface area (Å²) in [6.45, 7) is -1.34. The third-order valence-corrected chi connectivity index (χ3v) is 1.33. The van der Waals surface area contributed by atoms with E-state index in [2.05, 4.69) is 4.74 Å². The summed E-state index contributed by atoms with van der Waals surface area (Å²) in [6, 6.07) is 0. The van der Waals surface area contributed by atoms with Gasteiger partial charge in [-0.1, -0.05) is 0 Å². The average Bonchev–Trinajstić information content (AvgIpc) is 2.02. The van der Waals surface area contributed by atoms with E-state index >= 15 is 0 Å². The standard InChI is InChI=1S/C8H7F4O/c9-6-1-3-7(4-2-6)13-5-8(10,11)12/h1,3-4H,2,5H2. The summed E-state index contributed by atoms with van der Waals surface area (Å²) in [5.74, 6) is -0.335. The first kappa shape index (κ1) is 10.1. The van der Waals surface area contributed by atoms with Gasteiger partial charge >= 0.3 is 6.18 Å². The molecule has 73 valence electrons. The molecule has 0 bridgehead atoms. The lowest BCUT2D eigenvalue weighted by Crippen LogP contribution is -2.17. The van der Waals surface area contributed by atoms with Crippen molar-refractivity contribution in [3.63, 3.8) is 0 Å². The number of alkyl halides is 3. The van der Waals surface area contributed by atoms with E-state index in [0.29, 0.717) is 0 Å². The van der Waals surface area contributed by atoms with Crippen molar-refractivity contribution in [1.29, 1.82) is 0 Å². The van der Waals surface area contributed by atoms with Gasteiger partial charge in [0.1, 0.15) is 11.6 Å². The molecule has 1 nitrogen and oxygen atoms in total. The zero-order valence-electron chi connectivity index (χ0n) is 6.57. The van der Waals surface area contributed by atoms with Gasteiger partial charge in [-0.3, -0.25) is 0 Å². The van der Waals surface area contributed by atoms with E-state index in [4.69, 9.17) is 0 Å². The first-order valence-corrected chi connectivity index (χ1v) is 3.56. The van der Waals surface area contributed by atoms with Crippen LogP contribution in [0.5, 0.6) is 0 Å². The highest BCUT2D eigenvalue weighted by Crippen LogP contribution is 2.22. The number of ether oxygens (including phenoxy) is 1. The van der Waals surface area contributed by atoms with Gasteiger partial charge in [0, 0.05) is 12.8 Å². The van der Waals surface area contributed by atoms with E-state index in [0.717, 1.165) is 6.08 Å². The Morgan fingerprint density at radius 3 is 2.46 bits per heavy atom. The predicted octanol–water partition coefficient (Wildman–Crippen LogP) is 2.91. The van der Waals surface area contributed by atoms with Crippen LogP contribution in [0.25, 0.3) is 0 Å². The molecule has 1 aliphatic rings. The van der Waals surface area contributed by atoms with Crippen LogP contribution in [0.15, 0.2) is 23.7 Å². The third-order valence-electron chi connectivity index (χ3n) is 1.33. The van der Waals surface area contributed by atoms with Crippen molar-refractivity contribution in [3.8, 4) is 0 Å². The fourth-order valence-electron chi connectivity index (χ4n) is 0.779. The van der Waals surface area contributed by atoms with Crippen molar-refractivity contribution >= 4 is 0 Å². The molecule has 1 aliphatic carbocycles. The molecular formula is C8H7F4O. The Bertz CT molecular complexity index is 239. The maximum Gasteiger partial charge on any atom is 0.422 e. The lowest BCUT2D eigenvalue weighted by atomic mass is 10.1. The number of rotatable bonds is 2. The monoisotopic (exact) mass is 195 g/mol.